The van der Waals surface area contributed by atoms with Crippen LogP contribution in [0.25, 0.3) is 0 Å². The van der Waals surface area contributed by atoms with Gasteiger partial charge in [0.1, 0.15) is 5.78 Å². The van der Waals surface area contributed by atoms with Crippen LogP contribution in [0.5, 0.6) is 0 Å². The van der Waals surface area contributed by atoms with Gasteiger partial charge in [0.2, 0.25) is 0 Å². The van der Waals surface area contributed by atoms with Gasteiger partial charge in [0.05, 0.1) is 0 Å². The van der Waals surface area contributed by atoms with Gasteiger partial charge in [-0.2, -0.15) is 0 Å². The maximum Gasteiger partial charge on any atom is 0.140 e. The molecule has 11 heavy (non-hydrogen) atoms. The molecule has 0 amide bonds. The highest BCUT2D eigenvalue weighted by Crippen LogP contribution is 2.78. The molecule has 4 atom stereocenters. The van der Waals surface area contributed by atoms with Crippen molar-refractivity contribution in [1.82, 2.24) is 0 Å². The first kappa shape index (κ1) is 6.22. The van der Waals surface area contributed by atoms with Crippen LogP contribution in [0.3, 0.4) is 0 Å². The zero-order valence-corrected chi connectivity index (χ0v) is 7.18. The van der Waals surface area contributed by atoms with Gasteiger partial charge in [-0.15, -0.1) is 0 Å². The molecule has 0 radical (unpaired) electrons. The van der Waals surface area contributed by atoms with Crippen LogP contribution in [0.15, 0.2) is 0 Å². The number of hydrogen-bond acceptors (Lipinski definition) is 1. The maximum absolute atomic E-state index is 11.6. The third-order valence-corrected chi connectivity index (χ3v) is 5.11. The average Bonchev–Trinajstić information content (AvgIpc) is 2.35. The summed E-state index contributed by atoms with van der Waals surface area (Å²) in [6, 6.07) is 0. The van der Waals surface area contributed by atoms with Gasteiger partial charge >= 0.3 is 0 Å². The van der Waals surface area contributed by atoms with Gasteiger partial charge in [-0.1, -0.05) is 13.8 Å². The van der Waals surface area contributed by atoms with Gasteiger partial charge in [0, 0.05) is 11.8 Å². The van der Waals surface area contributed by atoms with E-state index in [-0.39, 0.29) is 0 Å². The summed E-state index contributed by atoms with van der Waals surface area (Å²) in [7, 11) is 0. The first-order valence-corrected chi connectivity index (χ1v) is 4.63. The predicted molar refractivity (Wildman–Crippen MR) is 42.1 cm³/mol. The average molecular weight is 150 g/mol. The minimum atomic E-state index is 0.425. The molecule has 0 N–H and O–H groups in total. The molecule has 1 heteroatoms. The van der Waals surface area contributed by atoms with Gasteiger partial charge < -0.3 is 0 Å². The van der Waals surface area contributed by atoms with Crippen LogP contribution in [-0.4, -0.2) is 5.78 Å². The minimum absolute atomic E-state index is 0.425. The summed E-state index contributed by atoms with van der Waals surface area (Å²) in [5, 5.41) is 0. The van der Waals surface area contributed by atoms with Crippen LogP contribution in [0.1, 0.15) is 33.1 Å². The van der Waals surface area contributed by atoms with Crippen molar-refractivity contribution < 1.29 is 4.79 Å². The summed E-state index contributed by atoms with van der Waals surface area (Å²) in [5.41, 5.74) is 0.851. The standard InChI is InChI=1S/C10H14O/c1-9-4-3-6-8(11)7(9)5-10(6,9)2/h6-7H,3-5H2,1-2H3. The number of rotatable bonds is 0. The molecule has 4 fully saturated rings. The Morgan fingerprint density at radius 3 is 2.36 bits per heavy atom. The molecular formula is C10H14O. The molecule has 0 aromatic rings. The van der Waals surface area contributed by atoms with E-state index in [9.17, 15) is 4.79 Å². The van der Waals surface area contributed by atoms with Crippen molar-refractivity contribution in [3.8, 4) is 0 Å². The first-order chi connectivity index (χ1) is 5.09. The molecule has 4 saturated carbocycles. The summed E-state index contributed by atoms with van der Waals surface area (Å²) in [6.07, 6.45) is 3.69. The Balaban J connectivity index is 2.20. The van der Waals surface area contributed by atoms with Crippen molar-refractivity contribution in [2.24, 2.45) is 22.7 Å². The van der Waals surface area contributed by atoms with E-state index in [1.807, 2.05) is 0 Å². The van der Waals surface area contributed by atoms with Gasteiger partial charge in [-0.25, -0.2) is 0 Å². The fourth-order valence-corrected chi connectivity index (χ4v) is 4.03. The van der Waals surface area contributed by atoms with Crippen molar-refractivity contribution in [2.45, 2.75) is 33.1 Å². The SMILES string of the molecule is CC12CCC3C(=O)C1CC32C. The Hall–Kier alpha value is -0.330. The number of carbonyl (C=O) groups is 1. The van der Waals surface area contributed by atoms with Crippen LogP contribution < -0.4 is 0 Å². The normalized spacial score (nSPS) is 65.1. The van der Waals surface area contributed by atoms with E-state index in [0.717, 1.165) is 0 Å². The number of Topliss-reactive ketones (excluding diaryl/α,β-unsaturated/α-hetero) is 1. The Bertz CT molecular complexity index is 256. The van der Waals surface area contributed by atoms with Crippen molar-refractivity contribution in [2.75, 3.05) is 0 Å². The Morgan fingerprint density at radius 1 is 1.27 bits per heavy atom. The lowest BCUT2D eigenvalue weighted by Gasteiger charge is -2.51. The lowest BCUT2D eigenvalue weighted by atomic mass is 9.52. The highest BCUT2D eigenvalue weighted by molar-refractivity contribution is 5.92. The molecule has 4 unspecified atom stereocenters. The largest absolute Gasteiger partial charge is 0.299 e. The van der Waals surface area contributed by atoms with Crippen LogP contribution in [0, 0.1) is 22.7 Å². The second kappa shape index (κ2) is 1.30. The molecule has 0 aromatic carbocycles. The molecule has 60 valence electrons. The number of ketones is 1. The lowest BCUT2D eigenvalue weighted by molar-refractivity contribution is -0.128. The maximum atomic E-state index is 11.6. The summed E-state index contributed by atoms with van der Waals surface area (Å²) in [4.78, 5) is 11.6. The van der Waals surface area contributed by atoms with E-state index >= 15 is 0 Å². The van der Waals surface area contributed by atoms with E-state index < -0.39 is 0 Å². The molecule has 4 aliphatic rings. The van der Waals surface area contributed by atoms with E-state index in [4.69, 9.17) is 0 Å². The highest BCUT2D eigenvalue weighted by atomic mass is 16.1. The van der Waals surface area contributed by atoms with E-state index in [1.165, 1.54) is 19.3 Å². The molecule has 0 aliphatic heterocycles. The third kappa shape index (κ3) is 0.361. The quantitative estimate of drug-likeness (QED) is 0.516. The second-order valence-electron chi connectivity index (χ2n) is 5.09. The Kier molecular flexibility index (Phi) is 0.733. The molecule has 4 aliphatic carbocycles. The van der Waals surface area contributed by atoms with Crippen LogP contribution in [0.4, 0.5) is 0 Å². The fourth-order valence-electron chi connectivity index (χ4n) is 4.03. The van der Waals surface area contributed by atoms with Gasteiger partial charge in [-0.3, -0.25) is 4.79 Å². The summed E-state index contributed by atoms with van der Waals surface area (Å²) < 4.78 is 0. The van der Waals surface area contributed by atoms with Crippen LogP contribution in [0.2, 0.25) is 0 Å². The van der Waals surface area contributed by atoms with Gasteiger partial charge in [-0.05, 0) is 30.1 Å². The molecule has 4 bridgehead atoms. The van der Waals surface area contributed by atoms with E-state index in [1.54, 1.807) is 0 Å². The second-order valence-corrected chi connectivity index (χ2v) is 5.09. The topological polar surface area (TPSA) is 17.1 Å². The van der Waals surface area contributed by atoms with E-state index in [2.05, 4.69) is 13.8 Å². The van der Waals surface area contributed by atoms with Gasteiger partial charge in [0.25, 0.3) is 0 Å². The smallest absolute Gasteiger partial charge is 0.140 e. The summed E-state index contributed by atoms with van der Waals surface area (Å²) in [6.45, 7) is 4.65. The van der Waals surface area contributed by atoms with Crippen molar-refractivity contribution in [3.05, 3.63) is 0 Å². The molecule has 0 spiro atoms. The first-order valence-electron chi connectivity index (χ1n) is 4.63. The fraction of sp³-hybridized carbons (Fsp3) is 0.900. The Labute approximate surface area is 67.2 Å². The van der Waals surface area contributed by atoms with Crippen molar-refractivity contribution in [1.29, 1.82) is 0 Å². The minimum Gasteiger partial charge on any atom is -0.299 e. The molecule has 0 heterocycles. The monoisotopic (exact) mass is 150 g/mol. The molecule has 1 nitrogen and oxygen atoms in total. The zero-order chi connectivity index (χ0) is 7.85. The lowest BCUT2D eigenvalue weighted by Crippen LogP contribution is -2.47. The Morgan fingerprint density at radius 2 is 2.00 bits per heavy atom. The van der Waals surface area contributed by atoms with Crippen molar-refractivity contribution >= 4 is 5.78 Å². The van der Waals surface area contributed by atoms with E-state index in [0.29, 0.717) is 28.4 Å². The number of hydrogen-bond donors (Lipinski definition) is 0. The van der Waals surface area contributed by atoms with Crippen LogP contribution >= 0.6 is 0 Å². The van der Waals surface area contributed by atoms with Crippen molar-refractivity contribution in [3.63, 3.8) is 0 Å². The third-order valence-electron chi connectivity index (χ3n) is 5.11. The number of carbonyl (C=O) groups excluding carboxylic acids is 1. The highest BCUT2D eigenvalue weighted by Gasteiger charge is 2.76. The summed E-state index contributed by atoms with van der Waals surface area (Å²) >= 11 is 0. The zero-order valence-electron chi connectivity index (χ0n) is 7.18. The van der Waals surface area contributed by atoms with Gasteiger partial charge in [0.15, 0.2) is 0 Å². The van der Waals surface area contributed by atoms with Crippen LogP contribution in [-0.2, 0) is 4.79 Å². The molecular weight excluding hydrogens is 136 g/mol. The predicted octanol–water partition coefficient (Wildman–Crippen LogP) is 2.01. The molecule has 0 aromatic heterocycles. The summed E-state index contributed by atoms with van der Waals surface area (Å²) in [5.74, 6) is 1.52. The molecule has 0 saturated heterocycles. The molecule has 4 rings (SSSR count).